The highest BCUT2D eigenvalue weighted by molar-refractivity contribution is 5.24. The van der Waals surface area contributed by atoms with Crippen LogP contribution in [-0.4, -0.2) is 11.7 Å². The zero-order chi connectivity index (χ0) is 13.3. The quantitative estimate of drug-likeness (QED) is 0.718. The summed E-state index contributed by atoms with van der Waals surface area (Å²) < 4.78 is 0. The molecule has 0 radical (unpaired) electrons. The number of aliphatic hydroxyl groups is 1. The van der Waals surface area contributed by atoms with Crippen molar-refractivity contribution in [2.45, 2.75) is 52.9 Å². The van der Waals surface area contributed by atoms with Gasteiger partial charge in [-0.05, 0) is 60.8 Å². The van der Waals surface area contributed by atoms with Gasteiger partial charge in [0.05, 0.1) is 6.61 Å². The van der Waals surface area contributed by atoms with E-state index in [0.29, 0.717) is 11.3 Å². The molecule has 0 amide bonds. The zero-order valence-electron chi connectivity index (χ0n) is 12.2. The van der Waals surface area contributed by atoms with Crippen molar-refractivity contribution in [3.05, 3.63) is 23.8 Å². The van der Waals surface area contributed by atoms with Crippen molar-refractivity contribution in [3.63, 3.8) is 0 Å². The molecule has 0 aliphatic heterocycles. The Morgan fingerprint density at radius 1 is 1.50 bits per heavy atom. The van der Waals surface area contributed by atoms with E-state index in [1.54, 1.807) is 0 Å². The lowest BCUT2D eigenvalue weighted by Gasteiger charge is -2.36. The van der Waals surface area contributed by atoms with Gasteiger partial charge in [-0.2, -0.15) is 0 Å². The lowest BCUT2D eigenvalue weighted by Crippen LogP contribution is -2.26. The van der Waals surface area contributed by atoms with Crippen LogP contribution in [0.2, 0.25) is 0 Å². The first-order chi connectivity index (χ1) is 8.49. The van der Waals surface area contributed by atoms with Gasteiger partial charge in [-0.1, -0.05) is 39.0 Å². The highest BCUT2D eigenvalue weighted by Crippen LogP contribution is 2.60. The standard InChI is InChI=1S/C17H28O/c1-12(2)15(11-18)6-5-9-17(4)13(3)14-7-8-16(17)10-14/h6,12,14,16,18H,3,5,7-11H2,1-2,4H3/b15-6+/t14-,16+,17+/m1/s1. The van der Waals surface area contributed by atoms with Gasteiger partial charge in [-0.25, -0.2) is 0 Å². The van der Waals surface area contributed by atoms with Crippen LogP contribution in [0.25, 0.3) is 0 Å². The van der Waals surface area contributed by atoms with Gasteiger partial charge in [0.1, 0.15) is 0 Å². The molecule has 0 aromatic heterocycles. The molecule has 2 aliphatic rings. The lowest BCUT2D eigenvalue weighted by atomic mass is 9.69. The average molecular weight is 248 g/mol. The van der Waals surface area contributed by atoms with E-state index in [4.69, 9.17) is 0 Å². The third-order valence-corrected chi connectivity index (χ3v) is 5.55. The first-order valence-electron chi connectivity index (χ1n) is 7.48. The number of allylic oxidation sites excluding steroid dienone is 2. The Balaban J connectivity index is 1.96. The van der Waals surface area contributed by atoms with E-state index in [1.165, 1.54) is 36.8 Å². The third-order valence-electron chi connectivity index (χ3n) is 5.55. The Bertz CT molecular complexity index is 353. The summed E-state index contributed by atoms with van der Waals surface area (Å²) in [6.45, 7) is 11.3. The second kappa shape index (κ2) is 5.21. The summed E-state index contributed by atoms with van der Waals surface area (Å²) in [5.41, 5.74) is 3.08. The Labute approximate surface area is 112 Å². The van der Waals surface area contributed by atoms with Crippen molar-refractivity contribution in [1.29, 1.82) is 0 Å². The molecule has 0 saturated heterocycles. The van der Waals surface area contributed by atoms with Crippen molar-refractivity contribution >= 4 is 0 Å². The van der Waals surface area contributed by atoms with E-state index in [1.807, 2.05) is 0 Å². The van der Waals surface area contributed by atoms with Crippen LogP contribution >= 0.6 is 0 Å². The minimum absolute atomic E-state index is 0.210. The molecule has 18 heavy (non-hydrogen) atoms. The fraction of sp³-hybridized carbons (Fsp3) is 0.765. The van der Waals surface area contributed by atoms with Crippen LogP contribution in [0.5, 0.6) is 0 Å². The summed E-state index contributed by atoms with van der Waals surface area (Å²) in [7, 11) is 0. The molecule has 0 aromatic carbocycles. The topological polar surface area (TPSA) is 20.2 Å². The summed E-state index contributed by atoms with van der Waals surface area (Å²) in [5, 5.41) is 9.32. The molecule has 2 bridgehead atoms. The predicted molar refractivity (Wildman–Crippen MR) is 77.3 cm³/mol. The Morgan fingerprint density at radius 3 is 2.72 bits per heavy atom. The molecule has 102 valence electrons. The van der Waals surface area contributed by atoms with Gasteiger partial charge in [0.2, 0.25) is 0 Å². The van der Waals surface area contributed by atoms with E-state index in [0.717, 1.165) is 18.3 Å². The van der Waals surface area contributed by atoms with Gasteiger partial charge < -0.3 is 5.11 Å². The average Bonchev–Trinajstić information content (AvgIpc) is 2.89. The molecule has 1 heteroatoms. The van der Waals surface area contributed by atoms with Gasteiger partial charge in [0.15, 0.2) is 0 Å². The van der Waals surface area contributed by atoms with Crippen LogP contribution in [0.15, 0.2) is 23.8 Å². The SMILES string of the molecule is C=C1[C@@H]2CC[C@@H](C2)[C@@]1(C)CC/C=C(\CO)C(C)C. The molecule has 0 aromatic rings. The summed E-state index contributed by atoms with van der Waals surface area (Å²) >= 11 is 0. The fourth-order valence-corrected chi connectivity index (χ4v) is 4.01. The molecule has 0 unspecified atom stereocenters. The molecule has 1 nitrogen and oxygen atoms in total. The molecule has 2 aliphatic carbocycles. The maximum atomic E-state index is 9.32. The molecule has 3 atom stereocenters. The van der Waals surface area contributed by atoms with Gasteiger partial charge in [0.25, 0.3) is 0 Å². The van der Waals surface area contributed by atoms with Crippen molar-refractivity contribution in [2.24, 2.45) is 23.2 Å². The third kappa shape index (κ3) is 2.30. The van der Waals surface area contributed by atoms with Crippen LogP contribution in [-0.2, 0) is 0 Å². The fourth-order valence-electron chi connectivity index (χ4n) is 4.01. The number of hydrogen-bond acceptors (Lipinski definition) is 1. The maximum Gasteiger partial charge on any atom is 0.0644 e. The van der Waals surface area contributed by atoms with Crippen LogP contribution < -0.4 is 0 Å². The van der Waals surface area contributed by atoms with E-state index in [-0.39, 0.29) is 6.61 Å². The van der Waals surface area contributed by atoms with Crippen LogP contribution in [0, 0.1) is 23.2 Å². The van der Waals surface area contributed by atoms with Crippen molar-refractivity contribution in [2.75, 3.05) is 6.61 Å². The Hall–Kier alpha value is -0.560. The number of fused-ring (bicyclic) bond motifs is 2. The van der Waals surface area contributed by atoms with E-state index in [2.05, 4.69) is 33.4 Å². The summed E-state index contributed by atoms with van der Waals surface area (Å²) in [6, 6.07) is 0. The highest BCUT2D eigenvalue weighted by atomic mass is 16.3. The van der Waals surface area contributed by atoms with Crippen LogP contribution in [0.3, 0.4) is 0 Å². The second-order valence-electron chi connectivity index (χ2n) is 6.78. The number of rotatable bonds is 5. The van der Waals surface area contributed by atoms with Crippen molar-refractivity contribution in [3.8, 4) is 0 Å². The molecular weight excluding hydrogens is 220 g/mol. The number of hydrogen-bond donors (Lipinski definition) is 1. The van der Waals surface area contributed by atoms with Crippen LogP contribution in [0.1, 0.15) is 52.9 Å². The summed E-state index contributed by atoms with van der Waals surface area (Å²) in [4.78, 5) is 0. The van der Waals surface area contributed by atoms with Crippen LogP contribution in [0.4, 0.5) is 0 Å². The summed E-state index contributed by atoms with van der Waals surface area (Å²) in [6.07, 6.45) is 8.73. The van der Waals surface area contributed by atoms with Gasteiger partial charge in [-0.3, -0.25) is 0 Å². The lowest BCUT2D eigenvalue weighted by molar-refractivity contribution is 0.240. The first kappa shape index (κ1) is 13.9. The number of aliphatic hydroxyl groups excluding tert-OH is 1. The van der Waals surface area contributed by atoms with E-state index < -0.39 is 0 Å². The minimum Gasteiger partial charge on any atom is -0.392 e. The highest BCUT2D eigenvalue weighted by Gasteiger charge is 2.49. The normalized spacial score (nSPS) is 35.8. The predicted octanol–water partition coefficient (Wildman–Crippen LogP) is 4.33. The minimum atomic E-state index is 0.210. The Morgan fingerprint density at radius 2 is 2.22 bits per heavy atom. The smallest absolute Gasteiger partial charge is 0.0644 e. The molecule has 1 N–H and O–H groups in total. The Kier molecular flexibility index (Phi) is 4.01. The van der Waals surface area contributed by atoms with Gasteiger partial charge in [-0.15, -0.1) is 0 Å². The van der Waals surface area contributed by atoms with Gasteiger partial charge in [0, 0.05) is 0 Å². The molecule has 2 rings (SSSR count). The molecule has 2 fully saturated rings. The van der Waals surface area contributed by atoms with Crippen molar-refractivity contribution < 1.29 is 5.11 Å². The van der Waals surface area contributed by atoms with E-state index >= 15 is 0 Å². The van der Waals surface area contributed by atoms with Gasteiger partial charge >= 0.3 is 0 Å². The monoisotopic (exact) mass is 248 g/mol. The van der Waals surface area contributed by atoms with E-state index in [9.17, 15) is 5.11 Å². The maximum absolute atomic E-state index is 9.32. The largest absolute Gasteiger partial charge is 0.392 e. The zero-order valence-corrected chi connectivity index (χ0v) is 12.2. The summed E-state index contributed by atoms with van der Waals surface area (Å²) in [5.74, 6) is 2.15. The van der Waals surface area contributed by atoms with Crippen molar-refractivity contribution in [1.82, 2.24) is 0 Å². The molecule has 0 heterocycles. The second-order valence-corrected chi connectivity index (χ2v) is 6.78. The molecule has 2 saturated carbocycles. The molecular formula is C17H28O. The first-order valence-corrected chi connectivity index (χ1v) is 7.48. The molecule has 0 spiro atoms.